The van der Waals surface area contributed by atoms with E-state index in [1.54, 1.807) is 6.92 Å². The Morgan fingerprint density at radius 3 is 1.82 bits per heavy atom. The van der Waals surface area contributed by atoms with Crippen LogP contribution in [-0.2, 0) is 0 Å². The van der Waals surface area contributed by atoms with Gasteiger partial charge < -0.3 is 10.2 Å². The van der Waals surface area contributed by atoms with E-state index in [0.29, 0.717) is 0 Å². The Kier molecular flexibility index (Phi) is 21.5. The summed E-state index contributed by atoms with van der Waals surface area (Å²) in [5.41, 5.74) is 3.58. The number of halogens is 1. The van der Waals surface area contributed by atoms with Gasteiger partial charge in [0.2, 0.25) is 0 Å². The van der Waals surface area contributed by atoms with Crippen LogP contribution in [0.2, 0.25) is 5.02 Å². The van der Waals surface area contributed by atoms with Crippen LogP contribution in [0, 0.1) is 12.3 Å². The van der Waals surface area contributed by atoms with E-state index in [1.165, 1.54) is 49.7 Å². The Hall–Kier alpha value is -1.35. The first-order chi connectivity index (χ1) is 16.0. The summed E-state index contributed by atoms with van der Waals surface area (Å²) in [5.74, 6) is 0. The molecule has 2 atom stereocenters. The Bertz CT molecular complexity index is 717. The zero-order chi connectivity index (χ0) is 26.6. The lowest BCUT2D eigenvalue weighted by atomic mass is 9.91. The third-order valence-corrected chi connectivity index (χ3v) is 5.76. The molecule has 0 aliphatic rings. The zero-order valence-corrected chi connectivity index (χ0v) is 24.3. The highest BCUT2D eigenvalue weighted by Gasteiger charge is 2.15. The van der Waals surface area contributed by atoms with Crippen molar-refractivity contribution >= 4 is 11.6 Å². The molecule has 2 rings (SSSR count). The number of aliphatic hydroxyl groups is 2. The van der Waals surface area contributed by atoms with Gasteiger partial charge >= 0.3 is 0 Å². The first-order valence-corrected chi connectivity index (χ1v) is 13.5. The van der Waals surface area contributed by atoms with Crippen LogP contribution in [0.25, 0.3) is 11.1 Å². The number of aryl methyl sites for hydroxylation is 1. The summed E-state index contributed by atoms with van der Waals surface area (Å²) in [5, 5.41) is 18.6. The van der Waals surface area contributed by atoms with Gasteiger partial charge in [0, 0.05) is 10.6 Å². The van der Waals surface area contributed by atoms with E-state index < -0.39 is 0 Å². The normalized spacial score (nSPS) is 12.1. The largest absolute Gasteiger partial charge is 0.393 e. The minimum atomic E-state index is -0.201. The summed E-state index contributed by atoms with van der Waals surface area (Å²) in [6, 6.07) is 16.3. The molecule has 34 heavy (non-hydrogen) atoms. The van der Waals surface area contributed by atoms with Gasteiger partial charge in [0.1, 0.15) is 0 Å². The molecule has 2 aromatic carbocycles. The summed E-state index contributed by atoms with van der Waals surface area (Å²) in [4.78, 5) is 0. The monoisotopic (exact) mass is 492 g/mol. The second-order valence-electron chi connectivity index (χ2n) is 9.80. The molecular weight excluding hydrogens is 440 g/mol. The molecule has 2 unspecified atom stereocenters. The molecule has 0 aliphatic heterocycles. The number of hydrogen-bond donors (Lipinski definition) is 2. The minimum Gasteiger partial charge on any atom is -0.393 e. The lowest BCUT2D eigenvalue weighted by molar-refractivity contribution is 0.0801. The van der Waals surface area contributed by atoms with Crippen LogP contribution in [0.4, 0.5) is 0 Å². The molecule has 0 aliphatic carbocycles. The van der Waals surface area contributed by atoms with Gasteiger partial charge in [0.25, 0.3) is 0 Å². The van der Waals surface area contributed by atoms with Gasteiger partial charge in [-0.3, -0.25) is 0 Å². The quantitative estimate of drug-likeness (QED) is 0.360. The van der Waals surface area contributed by atoms with E-state index in [9.17, 15) is 0 Å². The maximum Gasteiger partial charge on any atom is 0.0560 e. The maximum absolute atomic E-state index is 8.96. The predicted molar refractivity (Wildman–Crippen MR) is 154 cm³/mol. The fourth-order valence-corrected chi connectivity index (χ4v) is 2.97. The smallest absolute Gasteiger partial charge is 0.0560 e. The fourth-order valence-electron chi connectivity index (χ4n) is 2.73. The average molecular weight is 493 g/mol. The van der Waals surface area contributed by atoms with Crippen molar-refractivity contribution in [3.05, 3.63) is 59.1 Å². The topological polar surface area (TPSA) is 40.5 Å². The zero-order valence-electron chi connectivity index (χ0n) is 23.5. The van der Waals surface area contributed by atoms with Crippen molar-refractivity contribution in [1.82, 2.24) is 0 Å². The lowest BCUT2D eigenvalue weighted by Gasteiger charge is -2.21. The second-order valence-corrected chi connectivity index (χ2v) is 10.2. The van der Waals surface area contributed by atoms with Crippen LogP contribution >= 0.6 is 11.6 Å². The van der Waals surface area contributed by atoms with Crippen LogP contribution in [-0.4, -0.2) is 22.4 Å². The van der Waals surface area contributed by atoms with Crippen molar-refractivity contribution in [3.8, 4) is 11.1 Å². The van der Waals surface area contributed by atoms with Crippen LogP contribution in [0.15, 0.2) is 48.5 Å². The second kappa shape index (κ2) is 21.0. The van der Waals surface area contributed by atoms with Crippen LogP contribution in [0.5, 0.6) is 0 Å². The maximum atomic E-state index is 8.96. The molecule has 2 N–H and O–H groups in total. The SMILES string of the molecule is CC.CC(O)C(C)(C)C.CCCCCCCCC(C)O.Cc1cccc(-c2ccccc2Cl)c1. The molecule has 2 aromatic rings. The Morgan fingerprint density at radius 2 is 1.35 bits per heavy atom. The van der Waals surface area contributed by atoms with Gasteiger partial charge in [0.15, 0.2) is 0 Å². The van der Waals surface area contributed by atoms with E-state index in [4.69, 9.17) is 21.8 Å². The van der Waals surface area contributed by atoms with Crippen molar-refractivity contribution in [3.63, 3.8) is 0 Å². The van der Waals surface area contributed by atoms with Gasteiger partial charge in [-0.1, -0.05) is 140 Å². The Labute approximate surface area is 216 Å². The lowest BCUT2D eigenvalue weighted by Crippen LogP contribution is -2.21. The number of unbranched alkanes of at least 4 members (excludes halogenated alkanes) is 5. The number of benzene rings is 2. The van der Waals surface area contributed by atoms with Gasteiger partial charge in [-0.2, -0.15) is 0 Å². The number of rotatable bonds is 8. The van der Waals surface area contributed by atoms with Crippen LogP contribution < -0.4 is 0 Å². The van der Waals surface area contributed by atoms with E-state index >= 15 is 0 Å². The molecule has 0 radical (unpaired) electrons. The van der Waals surface area contributed by atoms with E-state index in [2.05, 4.69) is 32.0 Å². The third kappa shape index (κ3) is 19.0. The molecule has 2 nitrogen and oxygen atoms in total. The standard InChI is InChI=1S/C13H11Cl.C10H22O.C6H14O.C2H6/c1-10-5-4-6-11(9-10)12-7-2-3-8-13(12)14;1-3-4-5-6-7-8-9-10(2)11;1-5(7)6(2,3)4;1-2/h2-9H,1H3;10-11H,3-9H2,1-2H3;5,7H,1-4H3;1-2H3. The molecule has 0 amide bonds. The first-order valence-electron chi connectivity index (χ1n) is 13.2. The van der Waals surface area contributed by atoms with E-state index in [-0.39, 0.29) is 17.6 Å². The highest BCUT2D eigenvalue weighted by molar-refractivity contribution is 6.33. The molecule has 0 spiro atoms. The summed E-state index contributed by atoms with van der Waals surface area (Å²) >= 11 is 6.11. The van der Waals surface area contributed by atoms with Crippen molar-refractivity contribution < 1.29 is 10.2 Å². The Balaban J connectivity index is 0. The number of aliphatic hydroxyl groups excluding tert-OH is 2. The predicted octanol–water partition coefficient (Wildman–Crippen LogP) is 9.87. The van der Waals surface area contributed by atoms with Crippen molar-refractivity contribution in [2.45, 2.75) is 119 Å². The molecule has 0 saturated carbocycles. The third-order valence-electron chi connectivity index (χ3n) is 5.43. The summed E-state index contributed by atoms with van der Waals surface area (Å²) < 4.78 is 0. The van der Waals surface area contributed by atoms with Crippen LogP contribution in [0.3, 0.4) is 0 Å². The molecule has 0 fully saturated rings. The van der Waals surface area contributed by atoms with Crippen molar-refractivity contribution in [1.29, 1.82) is 0 Å². The molecular formula is C31H53ClO2. The highest BCUT2D eigenvalue weighted by atomic mass is 35.5. The van der Waals surface area contributed by atoms with Crippen molar-refractivity contribution in [2.75, 3.05) is 0 Å². The van der Waals surface area contributed by atoms with Crippen molar-refractivity contribution in [2.24, 2.45) is 5.41 Å². The molecule has 0 saturated heterocycles. The Morgan fingerprint density at radius 1 is 0.824 bits per heavy atom. The number of hydrogen-bond acceptors (Lipinski definition) is 2. The highest BCUT2D eigenvalue weighted by Crippen LogP contribution is 2.27. The summed E-state index contributed by atoms with van der Waals surface area (Å²) in [7, 11) is 0. The first kappa shape index (κ1) is 34.8. The molecule has 196 valence electrons. The van der Waals surface area contributed by atoms with Gasteiger partial charge in [-0.15, -0.1) is 0 Å². The van der Waals surface area contributed by atoms with Crippen LogP contribution in [0.1, 0.15) is 106 Å². The van der Waals surface area contributed by atoms with Gasteiger partial charge in [-0.25, -0.2) is 0 Å². The molecule has 0 heterocycles. The fraction of sp³-hybridized carbons (Fsp3) is 0.613. The average Bonchev–Trinajstić information content (AvgIpc) is 2.78. The minimum absolute atomic E-state index is 0.0556. The van der Waals surface area contributed by atoms with Gasteiger partial charge in [0.05, 0.1) is 12.2 Å². The van der Waals surface area contributed by atoms with E-state index in [1.807, 2.05) is 71.9 Å². The summed E-state index contributed by atoms with van der Waals surface area (Å²) in [6.45, 7) is 18.0. The summed E-state index contributed by atoms with van der Waals surface area (Å²) in [6.07, 6.45) is 8.58. The molecule has 3 heteroatoms. The van der Waals surface area contributed by atoms with Gasteiger partial charge in [-0.05, 0) is 44.2 Å². The van der Waals surface area contributed by atoms with E-state index in [0.717, 1.165) is 17.0 Å². The molecule has 0 aromatic heterocycles. The molecule has 0 bridgehead atoms.